The number of aryl methyl sites for hydroxylation is 1. The summed E-state index contributed by atoms with van der Waals surface area (Å²) in [6.07, 6.45) is -1.43. The Morgan fingerprint density at radius 1 is 0.968 bits per heavy atom. The van der Waals surface area contributed by atoms with E-state index in [-0.39, 0.29) is 11.9 Å². The lowest BCUT2D eigenvalue weighted by molar-refractivity contribution is 0.0279. The highest BCUT2D eigenvalue weighted by Gasteiger charge is 2.37. The molecule has 0 heterocycles. The third-order valence-corrected chi connectivity index (χ3v) is 4.87. The zero-order chi connectivity index (χ0) is 22.5. The van der Waals surface area contributed by atoms with Gasteiger partial charge in [-0.2, -0.15) is 0 Å². The van der Waals surface area contributed by atoms with E-state index >= 15 is 0 Å². The zero-order valence-electron chi connectivity index (χ0n) is 18.3. The maximum absolute atomic E-state index is 13.4. The molecule has 3 rings (SSSR count). The Morgan fingerprint density at radius 3 is 2.29 bits per heavy atom. The molecule has 0 spiro atoms. The largest absolute Gasteiger partial charge is 0.446 e. The van der Waals surface area contributed by atoms with Crippen LogP contribution in [0.1, 0.15) is 50.0 Å². The van der Waals surface area contributed by atoms with Crippen molar-refractivity contribution in [1.82, 2.24) is 10.4 Å². The molecule has 0 saturated carbocycles. The van der Waals surface area contributed by atoms with Crippen LogP contribution in [-0.2, 0) is 15.9 Å². The first-order valence-electron chi connectivity index (χ1n) is 10.5. The summed E-state index contributed by atoms with van der Waals surface area (Å²) in [4.78, 5) is 38.3. The summed E-state index contributed by atoms with van der Waals surface area (Å²) in [5.74, 6) is -0.246. The first-order valence-corrected chi connectivity index (χ1v) is 10.5. The number of nitrogens with one attached hydrogen (secondary N) is 1. The lowest BCUT2D eigenvalue weighted by Gasteiger charge is -2.33. The molecule has 7 heteroatoms. The molecule has 0 radical (unpaired) electrons. The Bertz CT molecular complexity index is 956. The number of nitrogens with zero attached hydrogens (tertiary/aromatic N) is 1. The normalized spacial score (nSPS) is 15.4. The fourth-order valence-corrected chi connectivity index (χ4v) is 3.53. The Labute approximate surface area is 182 Å². The number of hydrazine groups is 1. The Hall–Kier alpha value is -3.35. The number of benzene rings is 2. The molecule has 2 aromatic carbocycles. The smallest absolute Gasteiger partial charge is 0.429 e. The molecule has 0 fully saturated rings. The Kier molecular flexibility index (Phi) is 6.95. The number of ether oxygens (including phenoxy) is 2. The monoisotopic (exact) mass is 424 g/mol. The molecule has 2 amide bonds. The fourth-order valence-electron chi connectivity index (χ4n) is 3.53. The molecular formula is C24H28N2O5. The van der Waals surface area contributed by atoms with Crippen LogP contribution in [0.5, 0.6) is 0 Å². The number of Topliss-reactive ketones (excluding diaryl/α,β-unsaturated/α-hetero) is 1. The Balaban J connectivity index is 1.90. The summed E-state index contributed by atoms with van der Waals surface area (Å²) in [7, 11) is 0. The van der Waals surface area contributed by atoms with Crippen molar-refractivity contribution in [2.75, 3.05) is 0 Å². The van der Waals surface area contributed by atoms with E-state index in [9.17, 15) is 14.4 Å². The van der Waals surface area contributed by atoms with Gasteiger partial charge in [-0.05, 0) is 63.3 Å². The van der Waals surface area contributed by atoms with Gasteiger partial charge < -0.3 is 9.47 Å². The maximum Gasteiger partial charge on any atom is 0.429 e. The van der Waals surface area contributed by atoms with E-state index in [1.807, 2.05) is 48.5 Å². The molecule has 164 valence electrons. The summed E-state index contributed by atoms with van der Waals surface area (Å²) in [6.45, 7) is 6.80. The van der Waals surface area contributed by atoms with Gasteiger partial charge in [0, 0.05) is 5.56 Å². The molecule has 0 bridgehead atoms. The van der Waals surface area contributed by atoms with Gasteiger partial charge in [0.25, 0.3) is 0 Å². The predicted molar refractivity (Wildman–Crippen MR) is 117 cm³/mol. The molecule has 31 heavy (non-hydrogen) atoms. The third kappa shape index (κ3) is 5.42. The molecule has 0 unspecified atom stereocenters. The zero-order valence-corrected chi connectivity index (χ0v) is 18.3. The number of ketones is 1. The maximum atomic E-state index is 13.4. The van der Waals surface area contributed by atoms with Crippen molar-refractivity contribution in [2.24, 2.45) is 0 Å². The highest BCUT2D eigenvalue weighted by molar-refractivity contribution is 6.04. The van der Waals surface area contributed by atoms with Crippen molar-refractivity contribution in [3.8, 4) is 11.1 Å². The minimum absolute atomic E-state index is 0.246. The van der Waals surface area contributed by atoms with Crippen molar-refractivity contribution in [3.63, 3.8) is 0 Å². The van der Waals surface area contributed by atoms with Crippen LogP contribution in [0, 0.1) is 0 Å². The first-order chi connectivity index (χ1) is 14.8. The fraction of sp³-hybridized carbons (Fsp3) is 0.375. The molecule has 1 atom stereocenters. The second-order valence-electron chi connectivity index (χ2n) is 8.03. The number of carbonyl (C=O) groups excluding carboxylic acids is 3. The van der Waals surface area contributed by atoms with Gasteiger partial charge in [0.2, 0.25) is 0 Å². The number of rotatable bonds is 4. The van der Waals surface area contributed by atoms with Gasteiger partial charge in [0.1, 0.15) is 6.04 Å². The topological polar surface area (TPSA) is 84.9 Å². The van der Waals surface area contributed by atoms with Crippen LogP contribution in [0.4, 0.5) is 9.59 Å². The number of carbonyl (C=O) groups is 3. The van der Waals surface area contributed by atoms with Crippen LogP contribution in [0.2, 0.25) is 0 Å². The minimum Gasteiger partial charge on any atom is -0.446 e. The van der Waals surface area contributed by atoms with Gasteiger partial charge in [-0.15, -0.1) is 0 Å². The lowest BCUT2D eigenvalue weighted by atomic mass is 9.85. The second-order valence-corrected chi connectivity index (χ2v) is 8.03. The second kappa shape index (κ2) is 9.64. The van der Waals surface area contributed by atoms with Gasteiger partial charge in [0.05, 0.1) is 12.2 Å². The average Bonchev–Trinajstić information content (AvgIpc) is 2.72. The van der Waals surface area contributed by atoms with Crippen LogP contribution < -0.4 is 5.43 Å². The molecule has 0 aromatic heterocycles. The molecule has 1 N–H and O–H groups in total. The van der Waals surface area contributed by atoms with E-state index in [2.05, 4.69) is 5.43 Å². The summed E-state index contributed by atoms with van der Waals surface area (Å²) in [5.41, 5.74) is 5.78. The van der Waals surface area contributed by atoms with Gasteiger partial charge >= 0.3 is 12.2 Å². The number of hydrogen-bond donors (Lipinski definition) is 1. The molecular weight excluding hydrogens is 396 g/mol. The van der Waals surface area contributed by atoms with Crippen molar-refractivity contribution >= 4 is 18.0 Å². The predicted octanol–water partition coefficient (Wildman–Crippen LogP) is 4.75. The van der Waals surface area contributed by atoms with E-state index in [1.165, 1.54) is 0 Å². The molecule has 0 aliphatic heterocycles. The summed E-state index contributed by atoms with van der Waals surface area (Å²) in [6, 6.07) is 14.7. The van der Waals surface area contributed by atoms with E-state index < -0.39 is 24.3 Å². The number of hydrogen-bond acceptors (Lipinski definition) is 5. The van der Waals surface area contributed by atoms with Crippen molar-refractivity contribution in [1.29, 1.82) is 0 Å². The van der Waals surface area contributed by atoms with Crippen molar-refractivity contribution < 1.29 is 23.9 Å². The SMILES string of the molecule is CC(C)OC(=O)NN(C(=O)OC(C)C)[C@H]1CCc2ccc(-c3ccccc3)cc2C1=O. The van der Waals surface area contributed by atoms with E-state index in [4.69, 9.17) is 9.47 Å². The highest BCUT2D eigenvalue weighted by Crippen LogP contribution is 2.29. The lowest BCUT2D eigenvalue weighted by Crippen LogP contribution is -2.56. The van der Waals surface area contributed by atoms with Crippen LogP contribution in [-0.4, -0.2) is 41.2 Å². The van der Waals surface area contributed by atoms with Crippen molar-refractivity contribution in [2.45, 2.75) is 58.8 Å². The van der Waals surface area contributed by atoms with E-state index in [0.717, 1.165) is 21.7 Å². The molecule has 2 aromatic rings. The van der Waals surface area contributed by atoms with Gasteiger partial charge in [-0.1, -0.05) is 42.5 Å². The van der Waals surface area contributed by atoms with Crippen LogP contribution >= 0.6 is 0 Å². The standard InChI is InChI=1S/C24H28N2O5/c1-15(2)30-23(28)25-26(24(29)31-16(3)4)21-13-12-18-10-11-19(14-20(18)22(21)27)17-8-6-5-7-9-17/h5-11,14-16,21H,12-13H2,1-4H3,(H,25,28)/t21-/m0/s1. The summed E-state index contributed by atoms with van der Waals surface area (Å²) in [5, 5.41) is 0.963. The summed E-state index contributed by atoms with van der Waals surface area (Å²) < 4.78 is 10.4. The molecule has 1 aliphatic carbocycles. The average molecular weight is 424 g/mol. The number of amides is 2. The van der Waals surface area contributed by atoms with Crippen LogP contribution in [0.3, 0.4) is 0 Å². The van der Waals surface area contributed by atoms with Crippen LogP contribution in [0.25, 0.3) is 11.1 Å². The quantitative estimate of drug-likeness (QED) is 0.716. The highest BCUT2D eigenvalue weighted by atomic mass is 16.6. The van der Waals surface area contributed by atoms with Gasteiger partial charge in [-0.25, -0.2) is 20.0 Å². The van der Waals surface area contributed by atoms with E-state index in [0.29, 0.717) is 18.4 Å². The third-order valence-electron chi connectivity index (χ3n) is 4.87. The summed E-state index contributed by atoms with van der Waals surface area (Å²) >= 11 is 0. The first kappa shape index (κ1) is 22.3. The van der Waals surface area contributed by atoms with Crippen molar-refractivity contribution in [3.05, 3.63) is 59.7 Å². The van der Waals surface area contributed by atoms with Gasteiger partial charge in [0.15, 0.2) is 5.78 Å². The Morgan fingerprint density at radius 2 is 1.65 bits per heavy atom. The molecule has 0 saturated heterocycles. The molecule has 1 aliphatic rings. The molecule has 7 nitrogen and oxygen atoms in total. The van der Waals surface area contributed by atoms with Crippen LogP contribution in [0.15, 0.2) is 48.5 Å². The van der Waals surface area contributed by atoms with E-state index in [1.54, 1.807) is 27.7 Å². The minimum atomic E-state index is -0.885. The van der Waals surface area contributed by atoms with Gasteiger partial charge in [-0.3, -0.25) is 4.79 Å². The number of fused-ring (bicyclic) bond motifs is 1.